The number of methoxy groups -OCH3 is 1. The van der Waals surface area contributed by atoms with Crippen molar-refractivity contribution in [3.8, 4) is 5.75 Å². The number of rotatable bonds is 3. The summed E-state index contributed by atoms with van der Waals surface area (Å²) in [6.07, 6.45) is 0. The lowest BCUT2D eigenvalue weighted by Gasteiger charge is -2.14. The van der Waals surface area contributed by atoms with Crippen LogP contribution < -0.4 is 15.8 Å². The third kappa shape index (κ3) is 2.74. The number of nitrogen functional groups attached to an aromatic ring is 1. The van der Waals surface area contributed by atoms with Crippen molar-refractivity contribution in [3.63, 3.8) is 0 Å². The topological polar surface area (TPSA) is 47.3 Å². The van der Waals surface area contributed by atoms with Gasteiger partial charge in [-0.15, -0.1) is 0 Å². The van der Waals surface area contributed by atoms with Crippen molar-refractivity contribution in [3.05, 3.63) is 46.7 Å². The molecule has 19 heavy (non-hydrogen) atoms. The Labute approximate surface area is 116 Å². The fraction of sp³-hybridized carbons (Fsp3) is 0.143. The zero-order valence-corrected chi connectivity index (χ0v) is 11.4. The first-order chi connectivity index (χ1) is 9.02. The number of nitrogens with one attached hydrogen (secondary N) is 1. The molecule has 3 nitrogen and oxygen atoms in total. The third-order valence-corrected chi connectivity index (χ3v) is 3.12. The molecule has 0 heterocycles. The van der Waals surface area contributed by atoms with E-state index in [4.69, 9.17) is 22.1 Å². The summed E-state index contributed by atoms with van der Waals surface area (Å²) in [4.78, 5) is 0. The van der Waals surface area contributed by atoms with E-state index in [1.54, 1.807) is 6.07 Å². The first kappa shape index (κ1) is 13.5. The summed E-state index contributed by atoms with van der Waals surface area (Å²) in [6, 6.07) is 8.19. The molecule has 0 unspecified atom stereocenters. The molecule has 0 aliphatic carbocycles. The summed E-state index contributed by atoms with van der Waals surface area (Å²) < 4.78 is 18.9. The number of halogens is 2. The number of aryl methyl sites for hydroxylation is 1. The van der Waals surface area contributed by atoms with Crippen molar-refractivity contribution in [2.45, 2.75) is 6.92 Å². The summed E-state index contributed by atoms with van der Waals surface area (Å²) in [7, 11) is 1.48. The standard InChI is InChI=1S/C14H14ClFN2O/c1-8-4-3-5-9(15)14(8)18-12-7-13(19-2)11(17)6-10(12)16/h3-7,18H,17H2,1-2H3. The first-order valence-electron chi connectivity index (χ1n) is 5.68. The lowest BCUT2D eigenvalue weighted by Crippen LogP contribution is -2.00. The van der Waals surface area contributed by atoms with E-state index in [-0.39, 0.29) is 11.4 Å². The summed E-state index contributed by atoms with van der Waals surface area (Å²) in [5, 5.41) is 3.49. The van der Waals surface area contributed by atoms with Crippen LogP contribution in [0.15, 0.2) is 30.3 Å². The molecule has 2 aromatic rings. The molecule has 100 valence electrons. The van der Waals surface area contributed by atoms with Gasteiger partial charge in [0.05, 0.1) is 29.2 Å². The van der Waals surface area contributed by atoms with Gasteiger partial charge in [-0.05, 0) is 18.6 Å². The van der Waals surface area contributed by atoms with E-state index in [1.807, 2.05) is 19.1 Å². The number of para-hydroxylation sites is 1. The molecular formula is C14H14ClFN2O. The molecule has 0 saturated carbocycles. The van der Waals surface area contributed by atoms with Gasteiger partial charge in [-0.25, -0.2) is 4.39 Å². The van der Waals surface area contributed by atoms with Crippen LogP contribution >= 0.6 is 11.6 Å². The Balaban J connectivity index is 2.44. The van der Waals surface area contributed by atoms with Crippen molar-refractivity contribution in [1.82, 2.24) is 0 Å². The molecule has 5 heteroatoms. The van der Waals surface area contributed by atoms with Crippen molar-refractivity contribution in [2.75, 3.05) is 18.2 Å². The molecule has 2 aromatic carbocycles. The van der Waals surface area contributed by atoms with Crippen LogP contribution in [0.4, 0.5) is 21.5 Å². The minimum absolute atomic E-state index is 0.251. The molecule has 2 rings (SSSR count). The zero-order chi connectivity index (χ0) is 14.0. The molecule has 0 fully saturated rings. The van der Waals surface area contributed by atoms with E-state index in [0.717, 1.165) is 5.56 Å². The molecule has 0 aromatic heterocycles. The normalized spacial score (nSPS) is 10.3. The van der Waals surface area contributed by atoms with E-state index in [9.17, 15) is 4.39 Å². The lowest BCUT2D eigenvalue weighted by molar-refractivity contribution is 0.416. The average Bonchev–Trinajstić information content (AvgIpc) is 2.36. The van der Waals surface area contributed by atoms with Gasteiger partial charge < -0.3 is 15.8 Å². The van der Waals surface area contributed by atoms with Gasteiger partial charge in [0.2, 0.25) is 0 Å². The molecule has 0 saturated heterocycles. The SMILES string of the molecule is COc1cc(Nc2c(C)cccc2Cl)c(F)cc1N. The van der Waals surface area contributed by atoms with Gasteiger partial charge in [0, 0.05) is 12.1 Å². The predicted molar refractivity (Wildman–Crippen MR) is 76.8 cm³/mol. The maximum absolute atomic E-state index is 13.9. The summed E-state index contributed by atoms with van der Waals surface area (Å²) >= 11 is 6.10. The van der Waals surface area contributed by atoms with Gasteiger partial charge in [-0.1, -0.05) is 23.7 Å². The minimum atomic E-state index is -0.461. The number of nitrogens with two attached hydrogens (primary N) is 1. The Kier molecular flexibility index (Phi) is 3.81. The highest BCUT2D eigenvalue weighted by Gasteiger charge is 2.11. The predicted octanol–water partition coefficient (Wildman–Crippen LogP) is 4.12. The fourth-order valence-corrected chi connectivity index (χ4v) is 2.04. The van der Waals surface area contributed by atoms with E-state index < -0.39 is 5.82 Å². The van der Waals surface area contributed by atoms with Crippen LogP contribution in [0.25, 0.3) is 0 Å². The molecule has 0 aliphatic heterocycles. The van der Waals surface area contributed by atoms with Crippen LogP contribution in [0.1, 0.15) is 5.56 Å². The summed E-state index contributed by atoms with van der Waals surface area (Å²) in [6.45, 7) is 1.89. The van der Waals surface area contributed by atoms with Gasteiger partial charge in [0.25, 0.3) is 0 Å². The molecule has 0 bridgehead atoms. The van der Waals surface area contributed by atoms with Crippen molar-refractivity contribution >= 4 is 28.7 Å². The largest absolute Gasteiger partial charge is 0.495 e. The average molecular weight is 281 g/mol. The van der Waals surface area contributed by atoms with Crippen molar-refractivity contribution in [1.29, 1.82) is 0 Å². The van der Waals surface area contributed by atoms with Crippen LogP contribution in [0.2, 0.25) is 5.02 Å². The van der Waals surface area contributed by atoms with E-state index >= 15 is 0 Å². The lowest BCUT2D eigenvalue weighted by atomic mass is 10.2. The maximum Gasteiger partial charge on any atom is 0.148 e. The number of hydrogen-bond acceptors (Lipinski definition) is 3. The second-order valence-corrected chi connectivity index (χ2v) is 4.54. The molecule has 0 radical (unpaired) electrons. The Morgan fingerprint density at radius 3 is 2.68 bits per heavy atom. The third-order valence-electron chi connectivity index (χ3n) is 2.80. The zero-order valence-electron chi connectivity index (χ0n) is 10.6. The minimum Gasteiger partial charge on any atom is -0.495 e. The molecule has 3 N–H and O–H groups in total. The number of hydrogen-bond donors (Lipinski definition) is 2. The number of ether oxygens (including phenoxy) is 1. The number of anilines is 3. The van der Waals surface area contributed by atoms with E-state index in [0.29, 0.717) is 16.5 Å². The Bertz CT molecular complexity index is 596. The van der Waals surface area contributed by atoms with Crippen LogP contribution in [0, 0.1) is 12.7 Å². The quantitative estimate of drug-likeness (QED) is 0.831. The molecule has 0 spiro atoms. The second kappa shape index (κ2) is 5.36. The van der Waals surface area contributed by atoms with Crippen LogP contribution in [0.5, 0.6) is 5.75 Å². The van der Waals surface area contributed by atoms with Crippen molar-refractivity contribution < 1.29 is 9.13 Å². The van der Waals surface area contributed by atoms with Gasteiger partial charge in [0.1, 0.15) is 11.6 Å². The fourth-order valence-electron chi connectivity index (χ4n) is 1.77. The van der Waals surface area contributed by atoms with Crippen LogP contribution in [-0.4, -0.2) is 7.11 Å². The molecule has 0 aliphatic rings. The monoisotopic (exact) mass is 280 g/mol. The molecule has 0 amide bonds. The highest BCUT2D eigenvalue weighted by atomic mass is 35.5. The highest BCUT2D eigenvalue weighted by Crippen LogP contribution is 2.33. The number of benzene rings is 2. The van der Waals surface area contributed by atoms with Crippen molar-refractivity contribution in [2.24, 2.45) is 0 Å². The Morgan fingerprint density at radius 1 is 1.32 bits per heavy atom. The van der Waals surface area contributed by atoms with E-state index in [2.05, 4.69) is 5.32 Å². The second-order valence-electron chi connectivity index (χ2n) is 4.13. The van der Waals surface area contributed by atoms with Gasteiger partial charge in [-0.3, -0.25) is 0 Å². The Hall–Kier alpha value is -1.94. The summed E-state index contributed by atoms with van der Waals surface area (Å²) in [5.74, 6) is -0.0498. The Morgan fingerprint density at radius 2 is 2.05 bits per heavy atom. The highest BCUT2D eigenvalue weighted by molar-refractivity contribution is 6.33. The summed E-state index contributed by atoms with van der Waals surface area (Å²) in [5.41, 5.74) is 7.73. The first-order valence-corrected chi connectivity index (χ1v) is 6.06. The van der Waals surface area contributed by atoms with Gasteiger partial charge in [-0.2, -0.15) is 0 Å². The van der Waals surface area contributed by atoms with E-state index in [1.165, 1.54) is 19.2 Å². The molecular weight excluding hydrogens is 267 g/mol. The van der Waals surface area contributed by atoms with Gasteiger partial charge in [0.15, 0.2) is 0 Å². The van der Waals surface area contributed by atoms with Crippen LogP contribution in [-0.2, 0) is 0 Å². The maximum atomic E-state index is 13.9. The van der Waals surface area contributed by atoms with Crippen LogP contribution in [0.3, 0.4) is 0 Å². The van der Waals surface area contributed by atoms with Gasteiger partial charge >= 0.3 is 0 Å². The molecule has 0 atom stereocenters. The smallest absolute Gasteiger partial charge is 0.148 e.